The molecule has 0 aliphatic carbocycles. The number of rotatable bonds is 5. The van der Waals surface area contributed by atoms with Crippen molar-refractivity contribution >= 4 is 34.0 Å². The highest BCUT2D eigenvalue weighted by Crippen LogP contribution is 2.31. The van der Waals surface area contributed by atoms with Crippen molar-refractivity contribution in [3.8, 4) is 0 Å². The zero-order valence-corrected chi connectivity index (χ0v) is 14.2. The molecule has 1 aromatic carbocycles. The molecule has 1 aromatic heterocycles. The summed E-state index contributed by atoms with van der Waals surface area (Å²) in [7, 11) is 0. The first-order valence-electron chi connectivity index (χ1n) is 6.90. The second-order valence-electron chi connectivity index (χ2n) is 5.57. The number of halogens is 2. The lowest BCUT2D eigenvalue weighted by Gasteiger charge is -2.17. The van der Waals surface area contributed by atoms with Crippen LogP contribution >= 0.6 is 22.9 Å². The molecule has 2 aromatic rings. The van der Waals surface area contributed by atoms with Crippen molar-refractivity contribution in [2.24, 2.45) is 0 Å². The van der Waals surface area contributed by atoms with Gasteiger partial charge in [-0.15, -0.1) is 10.2 Å². The van der Waals surface area contributed by atoms with E-state index in [0.717, 1.165) is 11.4 Å². The SMILES string of the molecule is CCC(C)(C)c1nnc(NC(=O)Cc2c(F)cccc2Cl)s1. The van der Waals surface area contributed by atoms with Crippen LogP contribution < -0.4 is 5.32 Å². The molecule has 1 N–H and O–H groups in total. The fraction of sp³-hybridized carbons (Fsp3) is 0.400. The largest absolute Gasteiger partial charge is 0.300 e. The van der Waals surface area contributed by atoms with Gasteiger partial charge in [-0.05, 0) is 18.6 Å². The molecule has 0 atom stereocenters. The number of aromatic nitrogens is 2. The number of hydrogen-bond donors (Lipinski definition) is 1. The van der Waals surface area contributed by atoms with Crippen LogP contribution in [-0.4, -0.2) is 16.1 Å². The molecule has 0 bridgehead atoms. The van der Waals surface area contributed by atoms with E-state index in [4.69, 9.17) is 11.6 Å². The predicted octanol–water partition coefficient (Wildman–Crippen LogP) is 4.20. The quantitative estimate of drug-likeness (QED) is 0.886. The third-order valence-electron chi connectivity index (χ3n) is 3.53. The molecule has 0 saturated heterocycles. The van der Waals surface area contributed by atoms with Gasteiger partial charge in [-0.25, -0.2) is 4.39 Å². The Morgan fingerprint density at radius 3 is 2.77 bits per heavy atom. The van der Waals surface area contributed by atoms with E-state index in [2.05, 4.69) is 36.3 Å². The van der Waals surface area contributed by atoms with Crippen molar-refractivity contribution in [2.45, 2.75) is 39.0 Å². The van der Waals surface area contributed by atoms with E-state index >= 15 is 0 Å². The molecular formula is C15H17ClFN3OS. The average molecular weight is 342 g/mol. The Morgan fingerprint density at radius 1 is 1.41 bits per heavy atom. The van der Waals surface area contributed by atoms with Gasteiger partial charge in [-0.1, -0.05) is 49.8 Å². The van der Waals surface area contributed by atoms with Crippen LogP contribution in [0.3, 0.4) is 0 Å². The van der Waals surface area contributed by atoms with Crippen LogP contribution in [0.1, 0.15) is 37.8 Å². The van der Waals surface area contributed by atoms with Crippen LogP contribution in [0, 0.1) is 5.82 Å². The minimum absolute atomic E-state index is 0.0878. The number of anilines is 1. The van der Waals surface area contributed by atoms with Gasteiger partial charge >= 0.3 is 0 Å². The fourth-order valence-electron chi connectivity index (χ4n) is 1.72. The van der Waals surface area contributed by atoms with Crippen molar-refractivity contribution < 1.29 is 9.18 Å². The van der Waals surface area contributed by atoms with Crippen LogP contribution in [0.2, 0.25) is 5.02 Å². The molecule has 0 radical (unpaired) electrons. The number of benzene rings is 1. The van der Waals surface area contributed by atoms with Crippen LogP contribution in [0.5, 0.6) is 0 Å². The van der Waals surface area contributed by atoms with Gasteiger partial charge in [-0.3, -0.25) is 4.79 Å². The molecule has 0 aliphatic heterocycles. The smallest absolute Gasteiger partial charge is 0.230 e. The van der Waals surface area contributed by atoms with Gasteiger partial charge in [0.1, 0.15) is 10.8 Å². The molecule has 0 fully saturated rings. The van der Waals surface area contributed by atoms with E-state index in [1.54, 1.807) is 6.07 Å². The monoisotopic (exact) mass is 341 g/mol. The maximum atomic E-state index is 13.7. The Hall–Kier alpha value is -1.53. The minimum atomic E-state index is -0.493. The molecule has 1 amide bonds. The third kappa shape index (κ3) is 3.81. The summed E-state index contributed by atoms with van der Waals surface area (Å²) in [5, 5.41) is 12.2. The Bertz CT molecular complexity index is 667. The zero-order valence-electron chi connectivity index (χ0n) is 12.6. The van der Waals surface area contributed by atoms with Crippen LogP contribution in [0.25, 0.3) is 0 Å². The van der Waals surface area contributed by atoms with Crippen molar-refractivity contribution in [2.75, 3.05) is 5.32 Å². The average Bonchev–Trinajstić information content (AvgIpc) is 2.92. The van der Waals surface area contributed by atoms with Gasteiger partial charge in [0.2, 0.25) is 11.0 Å². The third-order valence-corrected chi connectivity index (χ3v) is 5.09. The molecule has 1 heterocycles. The summed E-state index contributed by atoms with van der Waals surface area (Å²) in [5.74, 6) is -0.864. The maximum Gasteiger partial charge on any atom is 0.230 e. The highest BCUT2D eigenvalue weighted by molar-refractivity contribution is 7.15. The molecular weight excluding hydrogens is 325 g/mol. The topological polar surface area (TPSA) is 54.9 Å². The summed E-state index contributed by atoms with van der Waals surface area (Å²) in [4.78, 5) is 12.0. The van der Waals surface area contributed by atoms with E-state index < -0.39 is 5.82 Å². The van der Waals surface area contributed by atoms with Crippen molar-refractivity contribution in [1.82, 2.24) is 10.2 Å². The molecule has 7 heteroatoms. The van der Waals surface area contributed by atoms with Gasteiger partial charge in [-0.2, -0.15) is 0 Å². The summed E-state index contributed by atoms with van der Waals surface area (Å²) in [6.07, 6.45) is 0.776. The van der Waals surface area contributed by atoms with E-state index in [1.807, 2.05) is 0 Å². The Kier molecular flexibility index (Phi) is 5.13. The summed E-state index contributed by atoms with van der Waals surface area (Å²) in [6, 6.07) is 4.34. The van der Waals surface area contributed by atoms with E-state index in [1.165, 1.54) is 23.5 Å². The second-order valence-corrected chi connectivity index (χ2v) is 6.96. The molecule has 0 unspecified atom stereocenters. The van der Waals surface area contributed by atoms with Crippen molar-refractivity contribution in [3.63, 3.8) is 0 Å². The lowest BCUT2D eigenvalue weighted by atomic mass is 9.91. The summed E-state index contributed by atoms with van der Waals surface area (Å²) in [5.41, 5.74) is 0.0930. The summed E-state index contributed by atoms with van der Waals surface area (Å²) >= 11 is 7.24. The zero-order chi connectivity index (χ0) is 16.3. The normalized spacial score (nSPS) is 11.5. The summed E-state index contributed by atoms with van der Waals surface area (Å²) < 4.78 is 13.7. The first kappa shape index (κ1) is 16.8. The number of nitrogens with zero attached hydrogens (tertiary/aromatic N) is 2. The molecule has 0 spiro atoms. The van der Waals surface area contributed by atoms with E-state index in [-0.39, 0.29) is 28.3 Å². The Morgan fingerprint density at radius 2 is 2.14 bits per heavy atom. The number of carbonyl (C=O) groups is 1. The molecule has 118 valence electrons. The number of nitrogens with one attached hydrogen (secondary N) is 1. The lowest BCUT2D eigenvalue weighted by Crippen LogP contribution is -2.15. The highest BCUT2D eigenvalue weighted by atomic mass is 35.5. The fourth-order valence-corrected chi connectivity index (χ4v) is 2.89. The number of hydrogen-bond acceptors (Lipinski definition) is 4. The lowest BCUT2D eigenvalue weighted by molar-refractivity contribution is -0.115. The number of amides is 1. The summed E-state index contributed by atoms with van der Waals surface area (Å²) in [6.45, 7) is 6.20. The first-order valence-corrected chi connectivity index (χ1v) is 8.09. The van der Waals surface area contributed by atoms with Crippen LogP contribution in [0.15, 0.2) is 18.2 Å². The van der Waals surface area contributed by atoms with Gasteiger partial charge in [0.15, 0.2) is 0 Å². The van der Waals surface area contributed by atoms with Crippen LogP contribution in [0.4, 0.5) is 9.52 Å². The van der Waals surface area contributed by atoms with E-state index in [0.29, 0.717) is 5.13 Å². The highest BCUT2D eigenvalue weighted by Gasteiger charge is 2.23. The Labute approximate surface area is 137 Å². The van der Waals surface area contributed by atoms with Gasteiger partial charge in [0.05, 0.1) is 6.42 Å². The minimum Gasteiger partial charge on any atom is -0.300 e. The van der Waals surface area contributed by atoms with Crippen LogP contribution in [-0.2, 0) is 16.6 Å². The maximum absolute atomic E-state index is 13.7. The first-order chi connectivity index (χ1) is 10.3. The standard InChI is InChI=1S/C15H17ClFN3OS/c1-4-15(2,3)13-19-20-14(22-13)18-12(21)8-9-10(16)6-5-7-11(9)17/h5-7H,4,8H2,1-3H3,(H,18,20,21). The van der Waals surface area contributed by atoms with E-state index in [9.17, 15) is 9.18 Å². The van der Waals surface area contributed by atoms with Crippen molar-refractivity contribution in [1.29, 1.82) is 0 Å². The molecule has 22 heavy (non-hydrogen) atoms. The van der Waals surface area contributed by atoms with Crippen molar-refractivity contribution in [3.05, 3.63) is 39.6 Å². The molecule has 4 nitrogen and oxygen atoms in total. The molecule has 0 saturated carbocycles. The molecule has 0 aliphatic rings. The van der Waals surface area contributed by atoms with Gasteiger partial charge < -0.3 is 5.32 Å². The second kappa shape index (κ2) is 6.71. The Balaban J connectivity index is 2.07. The number of carbonyl (C=O) groups excluding carboxylic acids is 1. The predicted molar refractivity (Wildman–Crippen MR) is 87.0 cm³/mol. The van der Waals surface area contributed by atoms with Gasteiger partial charge in [0.25, 0.3) is 0 Å². The molecule has 2 rings (SSSR count). The van der Waals surface area contributed by atoms with Gasteiger partial charge in [0, 0.05) is 16.0 Å².